The Morgan fingerprint density at radius 1 is 1.39 bits per heavy atom. The third-order valence-electron chi connectivity index (χ3n) is 2.37. The summed E-state index contributed by atoms with van der Waals surface area (Å²) in [7, 11) is 0. The summed E-state index contributed by atoms with van der Waals surface area (Å²) >= 11 is 0. The number of alkyl halides is 3. The summed E-state index contributed by atoms with van der Waals surface area (Å²) in [6.07, 6.45) is -3.03. The number of benzene rings is 1. The standard InChI is InChI=1S/C13H15F3O2/c1-9(2)11(8-17)6-10-4-3-5-12(7-10)18-13(14,15)16/h3-7,9,17H,8H2,1-2H3/b11-6+. The van der Waals surface area contributed by atoms with E-state index in [2.05, 4.69) is 4.74 Å². The molecule has 18 heavy (non-hydrogen) atoms. The SMILES string of the molecule is CC(C)/C(=C/c1cccc(OC(F)(F)F)c1)CO. The second kappa shape index (κ2) is 5.91. The number of hydrogen-bond acceptors (Lipinski definition) is 2. The molecule has 1 aromatic carbocycles. The largest absolute Gasteiger partial charge is 0.573 e. The monoisotopic (exact) mass is 260 g/mol. The third kappa shape index (κ3) is 4.79. The normalized spacial score (nSPS) is 12.9. The summed E-state index contributed by atoms with van der Waals surface area (Å²) in [5.41, 5.74) is 1.31. The lowest BCUT2D eigenvalue weighted by molar-refractivity contribution is -0.274. The van der Waals surface area contributed by atoms with E-state index in [0.717, 1.165) is 5.57 Å². The maximum atomic E-state index is 12.1. The van der Waals surface area contributed by atoms with Crippen LogP contribution in [0.3, 0.4) is 0 Å². The van der Waals surface area contributed by atoms with Crippen LogP contribution in [-0.4, -0.2) is 18.1 Å². The van der Waals surface area contributed by atoms with Crippen LogP contribution >= 0.6 is 0 Å². The van der Waals surface area contributed by atoms with Gasteiger partial charge in [-0.2, -0.15) is 0 Å². The molecule has 2 nitrogen and oxygen atoms in total. The minimum Gasteiger partial charge on any atom is -0.406 e. The molecule has 0 aromatic heterocycles. The molecule has 0 heterocycles. The van der Waals surface area contributed by atoms with Gasteiger partial charge in [0.15, 0.2) is 0 Å². The molecule has 5 heteroatoms. The molecule has 0 aliphatic rings. The summed E-state index contributed by atoms with van der Waals surface area (Å²) in [6.45, 7) is 3.68. The average molecular weight is 260 g/mol. The fourth-order valence-electron chi connectivity index (χ4n) is 1.41. The first-order valence-electron chi connectivity index (χ1n) is 5.49. The molecule has 0 bridgehead atoms. The fourth-order valence-corrected chi connectivity index (χ4v) is 1.41. The van der Waals surface area contributed by atoms with Gasteiger partial charge in [0, 0.05) is 0 Å². The molecule has 0 saturated heterocycles. The Hall–Kier alpha value is -1.49. The Kier molecular flexibility index (Phi) is 4.78. The van der Waals surface area contributed by atoms with Gasteiger partial charge >= 0.3 is 6.36 Å². The molecule has 100 valence electrons. The maximum Gasteiger partial charge on any atom is 0.573 e. The second-order valence-electron chi connectivity index (χ2n) is 4.15. The Labute approximate surface area is 104 Å². The number of hydrogen-bond donors (Lipinski definition) is 1. The van der Waals surface area contributed by atoms with Gasteiger partial charge in [0.2, 0.25) is 0 Å². The van der Waals surface area contributed by atoms with Gasteiger partial charge in [-0.25, -0.2) is 0 Å². The van der Waals surface area contributed by atoms with E-state index in [1.165, 1.54) is 18.2 Å². The molecule has 0 atom stereocenters. The molecule has 1 aromatic rings. The van der Waals surface area contributed by atoms with Crippen molar-refractivity contribution in [3.63, 3.8) is 0 Å². The Morgan fingerprint density at radius 3 is 2.56 bits per heavy atom. The molecule has 0 aliphatic heterocycles. The third-order valence-corrected chi connectivity index (χ3v) is 2.37. The van der Waals surface area contributed by atoms with Crippen LogP contribution in [0.15, 0.2) is 29.8 Å². The number of rotatable bonds is 4. The van der Waals surface area contributed by atoms with Crippen LogP contribution in [0.5, 0.6) is 5.75 Å². The predicted octanol–water partition coefficient (Wildman–Crippen LogP) is 3.62. The van der Waals surface area contributed by atoms with Gasteiger partial charge in [0.25, 0.3) is 0 Å². The number of ether oxygens (including phenoxy) is 1. The van der Waals surface area contributed by atoms with Gasteiger partial charge in [-0.3, -0.25) is 0 Å². The highest BCUT2D eigenvalue weighted by Crippen LogP contribution is 2.24. The van der Waals surface area contributed by atoms with E-state index in [4.69, 9.17) is 5.11 Å². The summed E-state index contributed by atoms with van der Waals surface area (Å²) in [6, 6.07) is 5.65. The van der Waals surface area contributed by atoms with Gasteiger partial charge in [-0.05, 0) is 29.2 Å². The first-order chi connectivity index (χ1) is 8.31. The Balaban J connectivity index is 2.95. The lowest BCUT2D eigenvalue weighted by Crippen LogP contribution is -2.17. The first-order valence-corrected chi connectivity index (χ1v) is 5.49. The topological polar surface area (TPSA) is 29.5 Å². The smallest absolute Gasteiger partial charge is 0.406 e. The second-order valence-corrected chi connectivity index (χ2v) is 4.15. The highest BCUT2D eigenvalue weighted by molar-refractivity contribution is 5.55. The van der Waals surface area contributed by atoms with E-state index >= 15 is 0 Å². The molecule has 1 N–H and O–H groups in total. The van der Waals surface area contributed by atoms with Crippen LogP contribution in [0.25, 0.3) is 6.08 Å². The van der Waals surface area contributed by atoms with Gasteiger partial charge in [-0.15, -0.1) is 13.2 Å². The van der Waals surface area contributed by atoms with Crippen molar-refractivity contribution in [1.29, 1.82) is 0 Å². The van der Waals surface area contributed by atoms with Crippen molar-refractivity contribution < 1.29 is 23.0 Å². The van der Waals surface area contributed by atoms with Crippen molar-refractivity contribution in [3.05, 3.63) is 35.4 Å². The lowest BCUT2D eigenvalue weighted by atomic mass is 10.0. The van der Waals surface area contributed by atoms with Crippen molar-refractivity contribution in [2.45, 2.75) is 20.2 Å². The molecule has 1 rings (SSSR count). The van der Waals surface area contributed by atoms with Crippen LogP contribution < -0.4 is 4.74 Å². The van der Waals surface area contributed by atoms with Crippen molar-refractivity contribution in [1.82, 2.24) is 0 Å². The van der Waals surface area contributed by atoms with E-state index < -0.39 is 6.36 Å². The lowest BCUT2D eigenvalue weighted by Gasteiger charge is -2.10. The quantitative estimate of drug-likeness (QED) is 0.896. The van der Waals surface area contributed by atoms with Crippen LogP contribution in [0, 0.1) is 5.92 Å². The molecule has 0 unspecified atom stereocenters. The van der Waals surface area contributed by atoms with E-state index in [0.29, 0.717) is 5.56 Å². The summed E-state index contributed by atoms with van der Waals surface area (Å²) in [4.78, 5) is 0. The fraction of sp³-hybridized carbons (Fsp3) is 0.385. The molecule has 0 fully saturated rings. The van der Waals surface area contributed by atoms with E-state index in [1.807, 2.05) is 13.8 Å². The van der Waals surface area contributed by atoms with Gasteiger partial charge < -0.3 is 9.84 Å². The first kappa shape index (κ1) is 14.6. The Morgan fingerprint density at radius 2 is 2.06 bits per heavy atom. The minimum atomic E-state index is -4.69. The molecule has 0 radical (unpaired) electrons. The number of halogens is 3. The molecule has 0 saturated carbocycles. The van der Waals surface area contributed by atoms with Crippen LogP contribution in [0.1, 0.15) is 19.4 Å². The zero-order valence-corrected chi connectivity index (χ0v) is 10.2. The molecule has 0 amide bonds. The van der Waals surface area contributed by atoms with Gasteiger partial charge in [0.05, 0.1) is 6.61 Å². The highest BCUT2D eigenvalue weighted by atomic mass is 19.4. The van der Waals surface area contributed by atoms with Gasteiger partial charge in [-0.1, -0.05) is 32.1 Å². The molecule has 0 spiro atoms. The number of aliphatic hydroxyl groups excluding tert-OH is 1. The predicted molar refractivity (Wildman–Crippen MR) is 63.0 cm³/mol. The molecule has 0 aliphatic carbocycles. The zero-order chi connectivity index (χ0) is 13.8. The van der Waals surface area contributed by atoms with E-state index in [9.17, 15) is 13.2 Å². The summed E-state index contributed by atoms with van der Waals surface area (Å²) in [5.74, 6) is -0.139. The van der Waals surface area contributed by atoms with Crippen molar-refractivity contribution >= 4 is 6.08 Å². The number of aliphatic hydroxyl groups is 1. The van der Waals surface area contributed by atoms with Crippen molar-refractivity contribution in [3.8, 4) is 5.75 Å². The van der Waals surface area contributed by atoms with Crippen molar-refractivity contribution in [2.24, 2.45) is 5.92 Å². The zero-order valence-electron chi connectivity index (χ0n) is 10.2. The molecular weight excluding hydrogens is 245 g/mol. The van der Waals surface area contributed by atoms with Crippen LogP contribution in [-0.2, 0) is 0 Å². The van der Waals surface area contributed by atoms with Crippen molar-refractivity contribution in [2.75, 3.05) is 6.61 Å². The summed E-state index contributed by atoms with van der Waals surface area (Å²) < 4.78 is 40.0. The average Bonchev–Trinajstić information content (AvgIpc) is 2.23. The van der Waals surface area contributed by atoms with Crippen LogP contribution in [0.2, 0.25) is 0 Å². The van der Waals surface area contributed by atoms with Crippen LogP contribution in [0.4, 0.5) is 13.2 Å². The molecular formula is C13H15F3O2. The van der Waals surface area contributed by atoms with Gasteiger partial charge in [0.1, 0.15) is 5.75 Å². The maximum absolute atomic E-state index is 12.1. The van der Waals surface area contributed by atoms with E-state index in [-0.39, 0.29) is 18.3 Å². The highest BCUT2D eigenvalue weighted by Gasteiger charge is 2.31. The Bertz CT molecular complexity index is 422. The summed E-state index contributed by atoms with van der Waals surface area (Å²) in [5, 5.41) is 9.13. The van der Waals surface area contributed by atoms with E-state index in [1.54, 1.807) is 12.1 Å². The minimum absolute atomic E-state index is 0.123.